The van der Waals surface area contributed by atoms with Crippen molar-refractivity contribution in [1.29, 1.82) is 0 Å². The number of aromatic nitrogens is 2. The Morgan fingerprint density at radius 1 is 1.43 bits per heavy atom. The molecule has 1 aromatic rings. The van der Waals surface area contributed by atoms with Crippen LogP contribution in [-0.2, 0) is 7.05 Å². The fourth-order valence-corrected chi connectivity index (χ4v) is 1.11. The van der Waals surface area contributed by atoms with Gasteiger partial charge in [0.05, 0.1) is 12.8 Å². The van der Waals surface area contributed by atoms with Crippen LogP contribution in [0.5, 0.6) is 0 Å². The first kappa shape index (κ1) is 11.1. The van der Waals surface area contributed by atoms with Gasteiger partial charge in [-0.15, -0.1) is 0 Å². The summed E-state index contributed by atoms with van der Waals surface area (Å²) in [6, 6.07) is 0. The highest BCUT2D eigenvalue weighted by atomic mass is 16.4. The van der Waals surface area contributed by atoms with Gasteiger partial charge in [-0.2, -0.15) is 5.10 Å². The summed E-state index contributed by atoms with van der Waals surface area (Å²) in [6.45, 7) is -0.599. The molecule has 0 saturated carbocycles. The molecule has 1 unspecified atom stereocenters. The Bertz CT molecular complexity index is 289. The Morgan fingerprint density at radius 2 is 2.07 bits per heavy atom. The fourth-order valence-electron chi connectivity index (χ4n) is 1.11. The van der Waals surface area contributed by atoms with E-state index in [0.29, 0.717) is 5.56 Å². The lowest BCUT2D eigenvalue weighted by atomic mass is 10.0. The predicted molar refractivity (Wildman–Crippen MR) is 47.3 cm³/mol. The first-order valence-corrected chi connectivity index (χ1v) is 4.20. The van der Waals surface area contributed by atoms with Gasteiger partial charge in [0.1, 0.15) is 18.3 Å². The van der Waals surface area contributed by atoms with Crippen LogP contribution in [0.2, 0.25) is 0 Å². The third-order valence-electron chi connectivity index (χ3n) is 1.97. The topological polar surface area (TPSA) is 98.7 Å². The molecule has 6 nitrogen and oxygen atoms in total. The highest BCUT2D eigenvalue weighted by Crippen LogP contribution is 2.17. The van der Waals surface area contributed by atoms with Gasteiger partial charge in [-0.25, -0.2) is 0 Å². The molecule has 0 spiro atoms. The summed E-state index contributed by atoms with van der Waals surface area (Å²) in [5.74, 6) is 0. The third-order valence-corrected chi connectivity index (χ3v) is 1.97. The number of rotatable bonds is 4. The lowest BCUT2D eigenvalue weighted by molar-refractivity contribution is -0.0776. The summed E-state index contributed by atoms with van der Waals surface area (Å²) in [4.78, 5) is 0. The van der Waals surface area contributed by atoms with Crippen molar-refractivity contribution in [1.82, 2.24) is 9.78 Å². The molecule has 1 heterocycles. The van der Waals surface area contributed by atoms with E-state index in [2.05, 4.69) is 5.10 Å². The third kappa shape index (κ3) is 2.30. The zero-order valence-electron chi connectivity index (χ0n) is 7.78. The van der Waals surface area contributed by atoms with Crippen LogP contribution in [0, 0.1) is 0 Å². The van der Waals surface area contributed by atoms with Crippen molar-refractivity contribution in [3.8, 4) is 0 Å². The molecule has 4 N–H and O–H groups in total. The molecule has 80 valence electrons. The van der Waals surface area contributed by atoms with Crippen LogP contribution in [0.4, 0.5) is 0 Å². The number of hydrogen-bond acceptors (Lipinski definition) is 5. The van der Waals surface area contributed by atoms with Crippen molar-refractivity contribution >= 4 is 0 Å². The van der Waals surface area contributed by atoms with E-state index >= 15 is 0 Å². The summed E-state index contributed by atoms with van der Waals surface area (Å²) >= 11 is 0. The van der Waals surface area contributed by atoms with Gasteiger partial charge in [-0.3, -0.25) is 4.68 Å². The minimum Gasteiger partial charge on any atom is -0.394 e. The van der Waals surface area contributed by atoms with Crippen LogP contribution < -0.4 is 0 Å². The molecule has 0 aliphatic carbocycles. The van der Waals surface area contributed by atoms with Crippen LogP contribution in [0.1, 0.15) is 11.7 Å². The second kappa shape index (κ2) is 4.52. The van der Waals surface area contributed by atoms with E-state index in [1.807, 2.05) is 0 Å². The van der Waals surface area contributed by atoms with Gasteiger partial charge >= 0.3 is 0 Å². The maximum atomic E-state index is 9.53. The lowest BCUT2D eigenvalue weighted by Gasteiger charge is -2.20. The molecule has 6 heteroatoms. The summed E-state index contributed by atoms with van der Waals surface area (Å²) < 4.78 is 1.47. The molecule has 0 aromatic carbocycles. The van der Waals surface area contributed by atoms with Gasteiger partial charge in [0.2, 0.25) is 0 Å². The van der Waals surface area contributed by atoms with Gasteiger partial charge in [0.25, 0.3) is 0 Å². The lowest BCUT2D eigenvalue weighted by Crippen LogP contribution is -2.34. The first-order valence-electron chi connectivity index (χ1n) is 4.20. The quantitative estimate of drug-likeness (QED) is 0.460. The minimum absolute atomic E-state index is 0.396. The predicted octanol–water partition coefficient (Wildman–Crippen LogP) is -1.83. The number of aryl methyl sites for hydroxylation is 1. The van der Waals surface area contributed by atoms with E-state index in [9.17, 15) is 10.2 Å². The van der Waals surface area contributed by atoms with Crippen molar-refractivity contribution < 1.29 is 20.4 Å². The number of hydrogen-bond donors (Lipinski definition) is 4. The molecule has 0 bridgehead atoms. The van der Waals surface area contributed by atoms with Crippen LogP contribution in [-0.4, -0.2) is 49.0 Å². The van der Waals surface area contributed by atoms with Gasteiger partial charge in [0.15, 0.2) is 0 Å². The van der Waals surface area contributed by atoms with Crippen molar-refractivity contribution in [2.75, 3.05) is 6.61 Å². The Hall–Kier alpha value is -0.950. The molecular weight excluding hydrogens is 188 g/mol. The van der Waals surface area contributed by atoms with Crippen LogP contribution in [0.25, 0.3) is 0 Å². The number of nitrogens with zero attached hydrogens (tertiary/aromatic N) is 2. The molecule has 14 heavy (non-hydrogen) atoms. The molecule has 1 rings (SSSR count). The number of aliphatic hydroxyl groups is 4. The summed E-state index contributed by atoms with van der Waals surface area (Å²) in [6.07, 6.45) is -1.10. The monoisotopic (exact) mass is 202 g/mol. The molecular formula is C8H14N2O4. The molecule has 0 radical (unpaired) electrons. The Morgan fingerprint density at radius 3 is 2.50 bits per heavy atom. The average molecular weight is 202 g/mol. The largest absolute Gasteiger partial charge is 0.394 e. The SMILES string of the molecule is Cn1cc(C(O)[C@@H](O)[C@H](O)CO)cn1. The first-order chi connectivity index (χ1) is 6.56. The van der Waals surface area contributed by atoms with Crippen molar-refractivity contribution in [3.05, 3.63) is 18.0 Å². The average Bonchev–Trinajstić information content (AvgIpc) is 2.61. The Balaban J connectivity index is 2.69. The molecule has 0 fully saturated rings. The van der Waals surface area contributed by atoms with Crippen LogP contribution >= 0.6 is 0 Å². The molecule has 0 amide bonds. The minimum atomic E-state index is -1.41. The van der Waals surface area contributed by atoms with Crippen LogP contribution in [0.15, 0.2) is 12.4 Å². The maximum absolute atomic E-state index is 9.53. The summed E-state index contributed by atoms with van der Waals surface area (Å²) in [7, 11) is 1.67. The molecule has 3 atom stereocenters. The molecule has 1 aromatic heterocycles. The second-order valence-electron chi connectivity index (χ2n) is 3.13. The van der Waals surface area contributed by atoms with E-state index in [1.165, 1.54) is 17.1 Å². The number of aliphatic hydroxyl groups excluding tert-OH is 4. The van der Waals surface area contributed by atoms with Crippen molar-refractivity contribution in [2.24, 2.45) is 7.05 Å². The smallest absolute Gasteiger partial charge is 0.112 e. The maximum Gasteiger partial charge on any atom is 0.112 e. The highest BCUT2D eigenvalue weighted by Gasteiger charge is 2.26. The Labute approximate surface area is 81.0 Å². The van der Waals surface area contributed by atoms with E-state index in [4.69, 9.17) is 10.2 Å². The van der Waals surface area contributed by atoms with Crippen molar-refractivity contribution in [3.63, 3.8) is 0 Å². The van der Waals surface area contributed by atoms with Gasteiger partial charge in [-0.05, 0) is 0 Å². The van der Waals surface area contributed by atoms with Gasteiger partial charge < -0.3 is 20.4 Å². The standard InChI is InChI=1S/C8H14N2O4/c1-10-3-5(2-9-10)7(13)8(14)6(12)4-11/h2-3,6-8,11-14H,4H2,1H3/t6-,7?,8+/m1/s1. The molecule has 0 saturated heterocycles. The van der Waals surface area contributed by atoms with E-state index < -0.39 is 24.9 Å². The molecule has 0 aliphatic rings. The van der Waals surface area contributed by atoms with Crippen molar-refractivity contribution in [2.45, 2.75) is 18.3 Å². The Kier molecular flexibility index (Phi) is 3.59. The van der Waals surface area contributed by atoms with E-state index in [1.54, 1.807) is 7.05 Å². The molecule has 0 aliphatic heterocycles. The van der Waals surface area contributed by atoms with Crippen LogP contribution in [0.3, 0.4) is 0 Å². The highest BCUT2D eigenvalue weighted by molar-refractivity contribution is 5.10. The fraction of sp³-hybridized carbons (Fsp3) is 0.625. The van der Waals surface area contributed by atoms with E-state index in [-0.39, 0.29) is 0 Å². The normalized spacial score (nSPS) is 17.8. The van der Waals surface area contributed by atoms with Gasteiger partial charge in [-0.1, -0.05) is 0 Å². The second-order valence-corrected chi connectivity index (χ2v) is 3.13. The zero-order valence-corrected chi connectivity index (χ0v) is 7.78. The zero-order chi connectivity index (χ0) is 10.7. The van der Waals surface area contributed by atoms with Gasteiger partial charge in [0, 0.05) is 18.8 Å². The van der Waals surface area contributed by atoms with E-state index in [0.717, 1.165) is 0 Å². The summed E-state index contributed by atoms with van der Waals surface area (Å²) in [5, 5.41) is 40.3. The summed E-state index contributed by atoms with van der Waals surface area (Å²) in [5.41, 5.74) is 0.396.